The number of nitrogens with zero attached hydrogens (tertiary/aromatic N) is 2. The molecule has 1 aromatic heterocycles. The minimum absolute atomic E-state index is 0.135. The fourth-order valence-corrected chi connectivity index (χ4v) is 2.35. The van der Waals surface area contributed by atoms with Crippen molar-refractivity contribution in [1.82, 2.24) is 9.97 Å². The van der Waals surface area contributed by atoms with Gasteiger partial charge in [0.2, 0.25) is 0 Å². The zero-order valence-corrected chi connectivity index (χ0v) is 13.1. The summed E-state index contributed by atoms with van der Waals surface area (Å²) in [7, 11) is 0. The lowest BCUT2D eigenvalue weighted by atomic mass is 10.2. The Bertz CT molecular complexity index is 658. The van der Waals surface area contributed by atoms with Crippen molar-refractivity contribution in [1.29, 1.82) is 0 Å². The van der Waals surface area contributed by atoms with Crippen LogP contribution in [0, 0.1) is 0 Å². The monoisotopic (exact) mass is 302 g/mol. The van der Waals surface area contributed by atoms with E-state index < -0.39 is 0 Å². The van der Waals surface area contributed by atoms with E-state index in [1.807, 2.05) is 44.4 Å². The van der Waals surface area contributed by atoms with Crippen LogP contribution >= 0.6 is 11.8 Å². The second kappa shape index (κ2) is 6.58. The second-order valence-corrected chi connectivity index (χ2v) is 5.69. The van der Waals surface area contributed by atoms with Crippen molar-refractivity contribution in [3.05, 3.63) is 42.0 Å². The van der Waals surface area contributed by atoms with E-state index in [4.69, 9.17) is 5.73 Å². The van der Waals surface area contributed by atoms with Gasteiger partial charge in [-0.25, -0.2) is 9.97 Å². The second-order valence-electron chi connectivity index (χ2n) is 4.84. The summed E-state index contributed by atoms with van der Waals surface area (Å²) in [6, 6.07) is 7.60. The number of benzene rings is 1. The molecule has 0 atom stereocenters. The molecule has 0 saturated heterocycles. The average molecular weight is 302 g/mol. The molecule has 6 heteroatoms. The lowest BCUT2D eigenvalue weighted by Crippen LogP contribution is -2.18. The quantitative estimate of drug-likeness (QED) is 0.848. The first kappa shape index (κ1) is 15.3. The first-order valence-electron chi connectivity index (χ1n) is 6.59. The van der Waals surface area contributed by atoms with Crippen LogP contribution in [0.2, 0.25) is 0 Å². The topological polar surface area (TPSA) is 80.9 Å². The van der Waals surface area contributed by atoms with E-state index in [0.717, 1.165) is 10.6 Å². The van der Waals surface area contributed by atoms with Gasteiger partial charge in [0.15, 0.2) is 5.69 Å². The van der Waals surface area contributed by atoms with Gasteiger partial charge in [0, 0.05) is 10.8 Å². The van der Waals surface area contributed by atoms with E-state index in [2.05, 4.69) is 15.3 Å². The van der Waals surface area contributed by atoms with Gasteiger partial charge in [0.25, 0.3) is 5.91 Å². The molecule has 1 amide bonds. The maximum Gasteiger partial charge on any atom is 0.276 e. The van der Waals surface area contributed by atoms with E-state index in [1.165, 1.54) is 6.20 Å². The summed E-state index contributed by atoms with van der Waals surface area (Å²) in [5.74, 6) is 0.418. The summed E-state index contributed by atoms with van der Waals surface area (Å²) in [5.41, 5.74) is 7.06. The highest BCUT2D eigenvalue weighted by Crippen LogP contribution is 2.25. The largest absolute Gasteiger partial charge is 0.396 e. The number of para-hydroxylation sites is 1. The Kier molecular flexibility index (Phi) is 4.80. The Labute approximate surface area is 128 Å². The molecule has 0 bridgehead atoms. The van der Waals surface area contributed by atoms with Crippen molar-refractivity contribution in [2.45, 2.75) is 24.7 Å². The summed E-state index contributed by atoms with van der Waals surface area (Å²) in [6.07, 6.45) is 3.44. The number of nitrogen functional groups attached to an aromatic ring is 1. The molecular formula is C15H18N4OS. The van der Waals surface area contributed by atoms with Crippen LogP contribution in [0.15, 0.2) is 35.4 Å². The van der Waals surface area contributed by atoms with Gasteiger partial charge < -0.3 is 11.1 Å². The highest BCUT2D eigenvalue weighted by molar-refractivity contribution is 7.98. The third-order valence-corrected chi connectivity index (χ3v) is 3.72. The Morgan fingerprint density at radius 1 is 1.33 bits per heavy atom. The molecule has 2 rings (SSSR count). The maximum absolute atomic E-state index is 12.4. The van der Waals surface area contributed by atoms with E-state index in [1.54, 1.807) is 11.8 Å². The first-order chi connectivity index (χ1) is 10.0. The summed E-state index contributed by atoms with van der Waals surface area (Å²) in [6.45, 7) is 3.94. The summed E-state index contributed by atoms with van der Waals surface area (Å²) < 4.78 is 0. The predicted molar refractivity (Wildman–Crippen MR) is 86.7 cm³/mol. The molecule has 0 aliphatic carbocycles. The number of amides is 1. The molecule has 0 unspecified atom stereocenters. The number of thioether (sulfide) groups is 1. The van der Waals surface area contributed by atoms with Crippen LogP contribution in [-0.2, 0) is 0 Å². The molecule has 5 nitrogen and oxygen atoms in total. The number of hydrogen-bond acceptors (Lipinski definition) is 5. The molecule has 0 aliphatic heterocycles. The summed E-state index contributed by atoms with van der Waals surface area (Å²) >= 11 is 1.57. The molecule has 0 radical (unpaired) electrons. The molecule has 0 fully saturated rings. The zero-order valence-electron chi connectivity index (χ0n) is 12.3. The SMILES string of the molecule is CSc1ccccc1NC(=O)c1nc(C(C)C)ncc1N. The third-order valence-electron chi connectivity index (χ3n) is 2.92. The average Bonchev–Trinajstić information content (AvgIpc) is 2.47. The predicted octanol–water partition coefficient (Wildman–Crippen LogP) is 3.16. The van der Waals surface area contributed by atoms with Crippen LogP contribution in [-0.4, -0.2) is 22.1 Å². The summed E-state index contributed by atoms with van der Waals surface area (Å²) in [4.78, 5) is 21.8. The molecule has 1 aromatic carbocycles. The third kappa shape index (κ3) is 3.52. The van der Waals surface area contributed by atoms with Gasteiger partial charge in [-0.2, -0.15) is 0 Å². The van der Waals surface area contributed by atoms with Crippen LogP contribution in [0.25, 0.3) is 0 Å². The van der Waals surface area contributed by atoms with E-state index >= 15 is 0 Å². The molecule has 2 aromatic rings. The van der Waals surface area contributed by atoms with Crippen molar-refractivity contribution < 1.29 is 4.79 Å². The first-order valence-corrected chi connectivity index (χ1v) is 7.82. The minimum atomic E-state index is -0.321. The number of carbonyl (C=O) groups is 1. The van der Waals surface area contributed by atoms with Gasteiger partial charge in [0.1, 0.15) is 5.82 Å². The molecule has 1 heterocycles. The van der Waals surface area contributed by atoms with Crippen LogP contribution < -0.4 is 11.1 Å². The number of rotatable bonds is 4. The lowest BCUT2D eigenvalue weighted by molar-refractivity contribution is 0.102. The molecular weight excluding hydrogens is 284 g/mol. The molecule has 0 spiro atoms. The fourth-order valence-electron chi connectivity index (χ4n) is 1.79. The lowest BCUT2D eigenvalue weighted by Gasteiger charge is -2.11. The fraction of sp³-hybridized carbons (Fsp3) is 0.267. The zero-order chi connectivity index (χ0) is 15.4. The van der Waals surface area contributed by atoms with E-state index in [0.29, 0.717) is 5.82 Å². The van der Waals surface area contributed by atoms with Crippen molar-refractivity contribution in [2.24, 2.45) is 0 Å². The Morgan fingerprint density at radius 2 is 2.05 bits per heavy atom. The molecule has 0 aliphatic rings. The standard InChI is InChI=1S/C15H18N4OS/c1-9(2)14-17-8-10(16)13(19-14)15(20)18-11-6-4-5-7-12(11)21-3/h4-9H,16H2,1-3H3,(H,18,20). The highest BCUT2D eigenvalue weighted by Gasteiger charge is 2.16. The van der Waals surface area contributed by atoms with Crippen LogP contribution in [0.1, 0.15) is 36.1 Å². The number of aromatic nitrogens is 2. The van der Waals surface area contributed by atoms with Gasteiger partial charge in [-0.1, -0.05) is 26.0 Å². The number of nitrogens with two attached hydrogens (primary N) is 1. The van der Waals surface area contributed by atoms with Gasteiger partial charge in [-0.05, 0) is 18.4 Å². The molecule has 3 N–H and O–H groups in total. The van der Waals surface area contributed by atoms with Gasteiger partial charge >= 0.3 is 0 Å². The van der Waals surface area contributed by atoms with E-state index in [9.17, 15) is 4.79 Å². The smallest absolute Gasteiger partial charge is 0.276 e. The van der Waals surface area contributed by atoms with Gasteiger partial charge in [-0.15, -0.1) is 11.8 Å². The van der Waals surface area contributed by atoms with Crippen molar-refractivity contribution >= 4 is 29.0 Å². The van der Waals surface area contributed by atoms with Crippen molar-refractivity contribution in [3.63, 3.8) is 0 Å². The Morgan fingerprint density at radius 3 is 2.71 bits per heavy atom. The minimum Gasteiger partial charge on any atom is -0.396 e. The van der Waals surface area contributed by atoms with Crippen molar-refractivity contribution in [3.8, 4) is 0 Å². The molecule has 21 heavy (non-hydrogen) atoms. The summed E-state index contributed by atoms with van der Waals surface area (Å²) in [5, 5.41) is 2.85. The Hall–Kier alpha value is -2.08. The normalized spacial score (nSPS) is 10.7. The van der Waals surface area contributed by atoms with E-state index in [-0.39, 0.29) is 23.2 Å². The maximum atomic E-state index is 12.4. The number of hydrogen-bond donors (Lipinski definition) is 2. The highest BCUT2D eigenvalue weighted by atomic mass is 32.2. The van der Waals surface area contributed by atoms with Crippen LogP contribution in [0.4, 0.5) is 11.4 Å². The molecule has 0 saturated carbocycles. The number of carbonyl (C=O) groups excluding carboxylic acids is 1. The van der Waals surface area contributed by atoms with Crippen LogP contribution in [0.3, 0.4) is 0 Å². The molecule has 110 valence electrons. The van der Waals surface area contributed by atoms with Gasteiger partial charge in [0.05, 0.1) is 17.6 Å². The Balaban J connectivity index is 2.30. The van der Waals surface area contributed by atoms with Crippen LogP contribution in [0.5, 0.6) is 0 Å². The number of nitrogens with one attached hydrogen (secondary N) is 1. The van der Waals surface area contributed by atoms with Gasteiger partial charge in [-0.3, -0.25) is 4.79 Å². The van der Waals surface area contributed by atoms with Crippen molar-refractivity contribution in [2.75, 3.05) is 17.3 Å². The number of anilines is 2.